The molecule has 1 aromatic carbocycles. The molecule has 0 radical (unpaired) electrons. The van der Waals surface area contributed by atoms with Gasteiger partial charge in [-0.3, -0.25) is 0 Å². The topological polar surface area (TPSA) is 38.5 Å². The minimum absolute atomic E-state index is 0.194. The third-order valence-corrected chi connectivity index (χ3v) is 4.08. The number of halogens is 1. The Hall–Kier alpha value is -1.20. The van der Waals surface area contributed by atoms with Crippen LogP contribution in [-0.2, 0) is 0 Å². The molecule has 0 saturated carbocycles. The number of benzene rings is 1. The molecule has 1 saturated heterocycles. The van der Waals surface area contributed by atoms with E-state index in [-0.39, 0.29) is 10.7 Å². The zero-order chi connectivity index (χ0) is 14.5. The average molecular weight is 296 g/mol. The van der Waals surface area contributed by atoms with Crippen LogP contribution in [0.4, 0.5) is 4.39 Å². The summed E-state index contributed by atoms with van der Waals surface area (Å²) in [5.74, 6) is -0.143. The van der Waals surface area contributed by atoms with E-state index in [9.17, 15) is 4.39 Å². The van der Waals surface area contributed by atoms with E-state index >= 15 is 0 Å². The van der Waals surface area contributed by atoms with Gasteiger partial charge in [0.2, 0.25) is 0 Å². The summed E-state index contributed by atoms with van der Waals surface area (Å²) in [5.41, 5.74) is 5.99. The van der Waals surface area contributed by atoms with E-state index in [4.69, 9.17) is 22.7 Å². The Kier molecular flexibility index (Phi) is 5.31. The molecule has 0 spiro atoms. The Morgan fingerprint density at radius 1 is 1.50 bits per heavy atom. The molecule has 5 heteroatoms. The summed E-state index contributed by atoms with van der Waals surface area (Å²) in [5, 5.41) is 0. The first-order valence-corrected chi connectivity index (χ1v) is 7.41. The third-order valence-electron chi connectivity index (χ3n) is 3.85. The molecular weight excluding hydrogens is 275 g/mol. The molecular formula is C15H21FN2OS. The number of thiocarbonyl (C=S) groups is 1. The fourth-order valence-corrected chi connectivity index (χ4v) is 2.71. The summed E-state index contributed by atoms with van der Waals surface area (Å²) in [4.78, 5) is 2.55. The fraction of sp³-hybridized carbons (Fsp3) is 0.533. The second-order valence-corrected chi connectivity index (χ2v) is 5.72. The van der Waals surface area contributed by atoms with Crippen LogP contribution in [0.5, 0.6) is 5.75 Å². The molecule has 1 aliphatic heterocycles. The van der Waals surface area contributed by atoms with Gasteiger partial charge in [-0.2, -0.15) is 0 Å². The van der Waals surface area contributed by atoms with Gasteiger partial charge in [0.05, 0.1) is 6.61 Å². The first-order valence-electron chi connectivity index (χ1n) is 7.00. The molecule has 1 atom stereocenters. The summed E-state index contributed by atoms with van der Waals surface area (Å²) in [7, 11) is 2.14. The quantitative estimate of drug-likeness (QED) is 0.848. The second-order valence-electron chi connectivity index (χ2n) is 5.28. The molecule has 1 aromatic rings. The van der Waals surface area contributed by atoms with Crippen molar-refractivity contribution in [2.24, 2.45) is 5.73 Å². The smallest absolute Gasteiger partial charge is 0.165 e. The Balaban J connectivity index is 1.86. The number of likely N-dealkylation sites (tertiary alicyclic amines) is 1. The lowest BCUT2D eigenvalue weighted by atomic mass is 10.0. The van der Waals surface area contributed by atoms with E-state index in [0.29, 0.717) is 18.2 Å². The average Bonchev–Trinajstić information content (AvgIpc) is 2.42. The first-order chi connectivity index (χ1) is 9.58. The van der Waals surface area contributed by atoms with Crippen molar-refractivity contribution in [3.05, 3.63) is 29.6 Å². The van der Waals surface area contributed by atoms with Gasteiger partial charge < -0.3 is 15.4 Å². The van der Waals surface area contributed by atoms with Crippen molar-refractivity contribution >= 4 is 17.2 Å². The molecule has 1 unspecified atom stereocenters. The molecule has 2 rings (SSSR count). The Morgan fingerprint density at radius 3 is 2.95 bits per heavy atom. The number of nitrogens with zero attached hydrogens (tertiary/aromatic N) is 1. The Labute approximate surface area is 124 Å². The number of ether oxygens (including phenoxy) is 1. The van der Waals surface area contributed by atoms with Crippen molar-refractivity contribution in [3.8, 4) is 5.75 Å². The number of nitrogens with two attached hydrogens (primary N) is 1. The minimum Gasteiger partial charge on any atom is -0.490 e. The minimum atomic E-state index is -0.410. The summed E-state index contributed by atoms with van der Waals surface area (Å²) >= 11 is 4.82. The van der Waals surface area contributed by atoms with Crippen LogP contribution in [0.25, 0.3) is 0 Å². The normalized spacial score (nSPS) is 19.8. The van der Waals surface area contributed by atoms with Gasteiger partial charge in [-0.25, -0.2) is 4.39 Å². The first kappa shape index (κ1) is 15.2. The van der Waals surface area contributed by atoms with Crippen molar-refractivity contribution in [1.29, 1.82) is 0 Å². The van der Waals surface area contributed by atoms with E-state index in [1.807, 2.05) is 0 Å². The van der Waals surface area contributed by atoms with Crippen LogP contribution >= 0.6 is 12.2 Å². The van der Waals surface area contributed by atoms with Crippen LogP contribution in [0, 0.1) is 5.82 Å². The zero-order valence-electron chi connectivity index (χ0n) is 11.8. The van der Waals surface area contributed by atoms with E-state index in [1.54, 1.807) is 12.1 Å². The highest BCUT2D eigenvalue weighted by atomic mass is 32.1. The van der Waals surface area contributed by atoms with E-state index < -0.39 is 5.82 Å². The molecule has 0 bridgehead atoms. The second kappa shape index (κ2) is 6.99. The van der Waals surface area contributed by atoms with Gasteiger partial charge >= 0.3 is 0 Å². The van der Waals surface area contributed by atoms with Crippen molar-refractivity contribution < 1.29 is 9.13 Å². The maximum Gasteiger partial charge on any atom is 0.165 e. The van der Waals surface area contributed by atoms with Gasteiger partial charge in [0, 0.05) is 11.6 Å². The highest BCUT2D eigenvalue weighted by molar-refractivity contribution is 7.80. The molecule has 3 nitrogen and oxygen atoms in total. The molecule has 110 valence electrons. The van der Waals surface area contributed by atoms with Gasteiger partial charge in [0.15, 0.2) is 11.6 Å². The van der Waals surface area contributed by atoms with Crippen molar-refractivity contribution in [2.75, 3.05) is 20.2 Å². The van der Waals surface area contributed by atoms with Crippen LogP contribution in [0.3, 0.4) is 0 Å². The fourth-order valence-electron chi connectivity index (χ4n) is 2.58. The SMILES string of the molecule is CN1CCCCC1CCOc1ccc(C(N)=S)cc1F. The van der Waals surface area contributed by atoms with Crippen LogP contribution in [0.15, 0.2) is 18.2 Å². The van der Waals surface area contributed by atoms with Gasteiger partial charge in [0.25, 0.3) is 0 Å². The van der Waals surface area contributed by atoms with Gasteiger partial charge in [-0.15, -0.1) is 0 Å². The molecule has 1 aliphatic rings. The molecule has 0 aromatic heterocycles. The lowest BCUT2D eigenvalue weighted by molar-refractivity contribution is 0.151. The summed E-state index contributed by atoms with van der Waals surface area (Å²) < 4.78 is 19.3. The molecule has 0 amide bonds. The Bertz CT molecular complexity index is 481. The number of piperidine rings is 1. The predicted octanol–water partition coefficient (Wildman–Crippen LogP) is 2.71. The summed E-state index contributed by atoms with van der Waals surface area (Å²) in [6.07, 6.45) is 4.66. The van der Waals surface area contributed by atoms with Gasteiger partial charge in [-0.05, 0) is 51.1 Å². The standard InChI is InChI=1S/C15H21FN2OS/c1-18-8-3-2-4-12(18)7-9-19-14-6-5-11(15(17)20)10-13(14)16/h5-6,10,12H,2-4,7-9H2,1H3,(H2,17,20). The third kappa shape index (κ3) is 3.90. The lowest BCUT2D eigenvalue weighted by Gasteiger charge is -2.32. The molecule has 1 heterocycles. The van der Waals surface area contributed by atoms with Gasteiger partial charge in [-0.1, -0.05) is 18.6 Å². The number of hydrogen-bond acceptors (Lipinski definition) is 3. The van der Waals surface area contributed by atoms with E-state index in [1.165, 1.54) is 25.3 Å². The molecule has 2 N–H and O–H groups in total. The Morgan fingerprint density at radius 2 is 2.30 bits per heavy atom. The highest BCUT2D eigenvalue weighted by Gasteiger charge is 2.18. The monoisotopic (exact) mass is 296 g/mol. The maximum atomic E-state index is 13.8. The van der Waals surface area contributed by atoms with Crippen LogP contribution < -0.4 is 10.5 Å². The zero-order valence-corrected chi connectivity index (χ0v) is 12.6. The summed E-state index contributed by atoms with van der Waals surface area (Å²) in [6, 6.07) is 5.15. The largest absolute Gasteiger partial charge is 0.490 e. The van der Waals surface area contributed by atoms with Crippen LogP contribution in [0.2, 0.25) is 0 Å². The summed E-state index contributed by atoms with van der Waals surface area (Å²) in [6.45, 7) is 1.67. The van der Waals surface area contributed by atoms with Gasteiger partial charge in [0.1, 0.15) is 4.99 Å². The van der Waals surface area contributed by atoms with Crippen molar-refractivity contribution in [3.63, 3.8) is 0 Å². The molecule has 20 heavy (non-hydrogen) atoms. The van der Waals surface area contributed by atoms with E-state index in [2.05, 4.69) is 11.9 Å². The van der Waals surface area contributed by atoms with Crippen molar-refractivity contribution in [1.82, 2.24) is 4.90 Å². The maximum absolute atomic E-state index is 13.8. The molecule has 1 fully saturated rings. The van der Waals surface area contributed by atoms with E-state index in [0.717, 1.165) is 13.0 Å². The highest BCUT2D eigenvalue weighted by Crippen LogP contribution is 2.21. The predicted molar refractivity (Wildman–Crippen MR) is 82.7 cm³/mol. The van der Waals surface area contributed by atoms with Crippen LogP contribution in [0.1, 0.15) is 31.2 Å². The number of rotatable bonds is 5. The molecule has 0 aliphatic carbocycles. The van der Waals surface area contributed by atoms with Crippen molar-refractivity contribution in [2.45, 2.75) is 31.7 Å². The van der Waals surface area contributed by atoms with Crippen LogP contribution in [-0.4, -0.2) is 36.1 Å². The lowest BCUT2D eigenvalue weighted by Crippen LogP contribution is -2.37. The number of hydrogen-bond donors (Lipinski definition) is 1.